The van der Waals surface area contributed by atoms with Crippen LogP contribution in [0.15, 0.2) is 49.1 Å². The fraction of sp³-hybridized carbons (Fsp3) is 0.273. The topological polar surface area (TPSA) is 105 Å². The molecule has 10 nitrogen and oxygen atoms in total. The smallest absolute Gasteiger partial charge is 0.258 e. The molecule has 4 aromatic heterocycles. The largest absolute Gasteiger partial charge is 0.353 e. The average Bonchev–Trinajstić information content (AvgIpc) is 3.25. The summed E-state index contributed by atoms with van der Waals surface area (Å²) in [5.74, 6) is 0.849. The third kappa shape index (κ3) is 4.12. The third-order valence-corrected chi connectivity index (χ3v) is 5.55. The molecular formula is C22H23N9O. The Kier molecular flexibility index (Phi) is 5.20. The molecule has 5 heterocycles. The molecule has 0 aliphatic carbocycles. The maximum absolute atomic E-state index is 12.9. The molecule has 0 atom stereocenters. The van der Waals surface area contributed by atoms with Gasteiger partial charge in [-0.25, -0.2) is 9.97 Å². The maximum atomic E-state index is 12.9. The minimum atomic E-state index is -0.287. The van der Waals surface area contributed by atoms with Crippen LogP contribution in [-0.4, -0.2) is 74.0 Å². The van der Waals surface area contributed by atoms with Gasteiger partial charge in [0.15, 0.2) is 5.82 Å². The number of amides is 1. The summed E-state index contributed by atoms with van der Waals surface area (Å²) in [5, 5.41) is 16.2. The van der Waals surface area contributed by atoms with Crippen LogP contribution in [0.3, 0.4) is 0 Å². The van der Waals surface area contributed by atoms with Crippen molar-refractivity contribution in [2.24, 2.45) is 7.05 Å². The Morgan fingerprint density at radius 3 is 2.66 bits per heavy atom. The highest BCUT2D eigenvalue weighted by molar-refractivity contribution is 6.04. The van der Waals surface area contributed by atoms with Gasteiger partial charge in [0.25, 0.3) is 5.91 Å². The number of hydrogen-bond donors (Lipinski definition) is 1. The van der Waals surface area contributed by atoms with E-state index in [0.29, 0.717) is 17.2 Å². The number of carbonyl (C=O) groups is 1. The minimum Gasteiger partial charge on any atom is -0.353 e. The number of aromatic nitrogens is 6. The van der Waals surface area contributed by atoms with E-state index in [1.54, 1.807) is 29.2 Å². The van der Waals surface area contributed by atoms with Gasteiger partial charge in [-0.1, -0.05) is 0 Å². The van der Waals surface area contributed by atoms with E-state index in [-0.39, 0.29) is 5.91 Å². The van der Waals surface area contributed by atoms with E-state index in [1.165, 1.54) is 6.20 Å². The molecule has 0 bridgehead atoms. The lowest BCUT2D eigenvalue weighted by molar-refractivity contribution is 0.102. The van der Waals surface area contributed by atoms with Gasteiger partial charge >= 0.3 is 0 Å². The Bertz CT molecular complexity index is 1280. The molecule has 0 radical (unpaired) electrons. The molecule has 1 aliphatic rings. The van der Waals surface area contributed by atoms with E-state index in [9.17, 15) is 4.79 Å². The molecule has 1 aliphatic heterocycles. The highest BCUT2D eigenvalue weighted by Crippen LogP contribution is 2.22. The summed E-state index contributed by atoms with van der Waals surface area (Å²) < 4.78 is 1.73. The average molecular weight is 429 g/mol. The van der Waals surface area contributed by atoms with Crippen LogP contribution in [0.25, 0.3) is 22.2 Å². The summed E-state index contributed by atoms with van der Waals surface area (Å²) in [6, 6.07) is 7.43. The highest BCUT2D eigenvalue weighted by atomic mass is 16.1. The number of likely N-dealkylation sites (N-methyl/N-ethyl adjacent to an activating group) is 1. The molecule has 0 saturated carbocycles. The summed E-state index contributed by atoms with van der Waals surface area (Å²) in [5.41, 5.74) is 2.91. The summed E-state index contributed by atoms with van der Waals surface area (Å²) in [7, 11) is 3.96. The Morgan fingerprint density at radius 1 is 1.03 bits per heavy atom. The van der Waals surface area contributed by atoms with Crippen LogP contribution in [0.4, 0.5) is 11.6 Å². The van der Waals surface area contributed by atoms with Crippen LogP contribution in [0, 0.1) is 0 Å². The Hall–Kier alpha value is -3.92. The number of nitrogens with one attached hydrogen (secondary N) is 1. The number of nitrogens with zero attached hydrogens (tertiary/aromatic N) is 8. The third-order valence-electron chi connectivity index (χ3n) is 5.55. The van der Waals surface area contributed by atoms with Gasteiger partial charge in [-0.05, 0) is 25.2 Å². The Morgan fingerprint density at radius 2 is 1.88 bits per heavy atom. The van der Waals surface area contributed by atoms with Crippen LogP contribution < -0.4 is 10.2 Å². The standard InChI is InChI=1S/C22H23N9O/c1-29-5-7-31(8-6-29)21-9-16(12-24-28-21)22(32)27-20-10-19-15(11-23-20)3-4-18(26-19)17-13-25-30(2)14-17/h3-4,9-14H,5-8H2,1-2H3,(H,23,27,32). The van der Waals surface area contributed by atoms with Crippen LogP contribution in [0.2, 0.25) is 0 Å². The van der Waals surface area contributed by atoms with Gasteiger partial charge in [0.2, 0.25) is 0 Å². The monoisotopic (exact) mass is 429 g/mol. The second kappa shape index (κ2) is 8.31. The number of pyridine rings is 2. The van der Waals surface area contributed by atoms with Crippen LogP contribution in [0.5, 0.6) is 0 Å². The second-order valence-electron chi connectivity index (χ2n) is 7.91. The lowest BCUT2D eigenvalue weighted by Crippen LogP contribution is -2.45. The first-order valence-electron chi connectivity index (χ1n) is 10.4. The van der Waals surface area contributed by atoms with Crippen molar-refractivity contribution in [3.05, 3.63) is 54.6 Å². The molecule has 1 N–H and O–H groups in total. The van der Waals surface area contributed by atoms with Crippen LogP contribution in [0.1, 0.15) is 10.4 Å². The molecule has 1 amide bonds. The van der Waals surface area contributed by atoms with Gasteiger partial charge in [0.05, 0.1) is 29.2 Å². The zero-order valence-electron chi connectivity index (χ0n) is 17.9. The van der Waals surface area contributed by atoms with Crippen molar-refractivity contribution in [3.8, 4) is 11.3 Å². The summed E-state index contributed by atoms with van der Waals surface area (Å²) in [6.07, 6.45) is 6.85. The number of rotatable bonds is 4. The minimum absolute atomic E-state index is 0.287. The Balaban J connectivity index is 1.36. The first-order chi connectivity index (χ1) is 15.5. The van der Waals surface area contributed by atoms with E-state index < -0.39 is 0 Å². The molecule has 5 rings (SSSR count). The molecule has 32 heavy (non-hydrogen) atoms. The van der Waals surface area contributed by atoms with E-state index in [0.717, 1.165) is 48.3 Å². The molecule has 0 unspecified atom stereocenters. The molecule has 0 aromatic carbocycles. The zero-order chi connectivity index (χ0) is 22.1. The number of aryl methyl sites for hydroxylation is 1. The maximum Gasteiger partial charge on any atom is 0.258 e. The van der Waals surface area contributed by atoms with Gasteiger partial charge in [-0.3, -0.25) is 9.48 Å². The summed E-state index contributed by atoms with van der Waals surface area (Å²) >= 11 is 0. The quantitative estimate of drug-likeness (QED) is 0.524. The summed E-state index contributed by atoms with van der Waals surface area (Å²) in [4.78, 5) is 26.3. The van der Waals surface area contributed by atoms with Crippen molar-refractivity contribution in [1.29, 1.82) is 0 Å². The van der Waals surface area contributed by atoms with Gasteiger partial charge in [0.1, 0.15) is 5.82 Å². The molecule has 4 aromatic rings. The molecule has 162 valence electrons. The SMILES string of the molecule is CN1CCN(c2cc(C(=O)Nc3cc4nc(-c5cnn(C)c5)ccc4cn3)cnn2)CC1. The Labute approximate surface area is 184 Å². The van der Waals surface area contributed by atoms with Crippen molar-refractivity contribution in [3.63, 3.8) is 0 Å². The van der Waals surface area contributed by atoms with Gasteiger partial charge in [-0.15, -0.1) is 5.10 Å². The lowest BCUT2D eigenvalue weighted by atomic mass is 10.2. The fourth-order valence-electron chi connectivity index (χ4n) is 3.66. The zero-order valence-corrected chi connectivity index (χ0v) is 17.9. The van der Waals surface area contributed by atoms with Gasteiger partial charge in [0, 0.05) is 62.6 Å². The lowest BCUT2D eigenvalue weighted by Gasteiger charge is -2.32. The number of anilines is 2. The van der Waals surface area contributed by atoms with E-state index >= 15 is 0 Å². The van der Waals surface area contributed by atoms with Crippen molar-refractivity contribution >= 4 is 28.4 Å². The number of carbonyl (C=O) groups excluding carboxylic acids is 1. The van der Waals surface area contributed by atoms with Crippen molar-refractivity contribution in [2.45, 2.75) is 0 Å². The number of hydrogen-bond acceptors (Lipinski definition) is 8. The number of fused-ring (bicyclic) bond motifs is 1. The fourth-order valence-corrected chi connectivity index (χ4v) is 3.66. The normalized spacial score (nSPS) is 14.6. The molecular weight excluding hydrogens is 406 g/mol. The molecule has 1 fully saturated rings. The van der Waals surface area contributed by atoms with E-state index in [2.05, 4.69) is 42.4 Å². The number of piperazine rings is 1. The predicted octanol–water partition coefficient (Wildman–Crippen LogP) is 1.82. The van der Waals surface area contributed by atoms with Crippen molar-refractivity contribution in [2.75, 3.05) is 43.4 Å². The summed E-state index contributed by atoms with van der Waals surface area (Å²) in [6.45, 7) is 3.61. The highest BCUT2D eigenvalue weighted by Gasteiger charge is 2.18. The van der Waals surface area contributed by atoms with Gasteiger partial charge in [-0.2, -0.15) is 10.2 Å². The predicted molar refractivity (Wildman–Crippen MR) is 121 cm³/mol. The first-order valence-corrected chi connectivity index (χ1v) is 10.4. The van der Waals surface area contributed by atoms with Gasteiger partial charge < -0.3 is 15.1 Å². The molecule has 1 saturated heterocycles. The van der Waals surface area contributed by atoms with Crippen molar-refractivity contribution in [1.82, 2.24) is 34.8 Å². The molecule has 10 heteroatoms. The van der Waals surface area contributed by atoms with Crippen LogP contribution in [-0.2, 0) is 7.05 Å². The molecule has 0 spiro atoms. The second-order valence-corrected chi connectivity index (χ2v) is 7.91. The van der Waals surface area contributed by atoms with E-state index in [1.807, 2.05) is 25.4 Å². The first kappa shape index (κ1) is 20.0. The van der Waals surface area contributed by atoms with Crippen molar-refractivity contribution < 1.29 is 4.79 Å². The van der Waals surface area contributed by atoms with Crippen LogP contribution >= 0.6 is 0 Å². The van der Waals surface area contributed by atoms with E-state index in [4.69, 9.17) is 4.98 Å².